The third kappa shape index (κ3) is 1.60. The molecule has 3 heteroatoms. The Morgan fingerprint density at radius 1 is 0.667 bits per heavy atom. The van der Waals surface area contributed by atoms with Crippen molar-refractivity contribution in [3.8, 4) is 0 Å². The fourth-order valence-corrected chi connectivity index (χ4v) is 1.68. The van der Waals surface area contributed by atoms with Gasteiger partial charge in [-0.05, 0) is 12.1 Å². The molecule has 0 unspecified atom stereocenters. The van der Waals surface area contributed by atoms with E-state index in [-0.39, 0.29) is 16.8 Å². The summed E-state index contributed by atoms with van der Waals surface area (Å²) in [6.45, 7) is 0. The van der Waals surface area contributed by atoms with Crippen LogP contribution >= 0.6 is 0 Å². The average molecular weight is 239 g/mol. The van der Waals surface area contributed by atoms with E-state index in [1.54, 1.807) is 12.4 Å². The molecular formula is C12H8CoN2+2. The van der Waals surface area contributed by atoms with E-state index in [1.165, 1.54) is 0 Å². The topological polar surface area (TPSA) is 25.8 Å². The number of benzene rings is 1. The van der Waals surface area contributed by atoms with Gasteiger partial charge < -0.3 is 0 Å². The van der Waals surface area contributed by atoms with Crippen LogP contribution in [0.5, 0.6) is 0 Å². The summed E-state index contributed by atoms with van der Waals surface area (Å²) in [5.74, 6) is 0. The molecule has 15 heavy (non-hydrogen) atoms. The smallest absolute Gasteiger partial charge is 0.254 e. The van der Waals surface area contributed by atoms with Gasteiger partial charge in [0, 0.05) is 23.2 Å². The molecule has 2 heterocycles. The van der Waals surface area contributed by atoms with Crippen molar-refractivity contribution in [2.24, 2.45) is 0 Å². The Morgan fingerprint density at radius 3 is 1.60 bits per heavy atom. The summed E-state index contributed by atoms with van der Waals surface area (Å²) in [5, 5.41) is 2.28. The summed E-state index contributed by atoms with van der Waals surface area (Å²) in [5.41, 5.74) is 1.95. The Kier molecular flexibility index (Phi) is 2.66. The molecule has 0 atom stereocenters. The van der Waals surface area contributed by atoms with Crippen LogP contribution in [0.15, 0.2) is 48.8 Å². The van der Waals surface area contributed by atoms with E-state index in [4.69, 9.17) is 0 Å². The first-order chi connectivity index (χ1) is 6.95. The van der Waals surface area contributed by atoms with Gasteiger partial charge in [0.15, 0.2) is 0 Å². The minimum Gasteiger partial charge on any atom is -0.254 e. The zero-order valence-electron chi connectivity index (χ0n) is 7.85. The van der Waals surface area contributed by atoms with E-state index < -0.39 is 0 Å². The first-order valence-corrected chi connectivity index (χ1v) is 4.53. The van der Waals surface area contributed by atoms with Gasteiger partial charge in [0.25, 0.3) is 0 Å². The van der Waals surface area contributed by atoms with Crippen LogP contribution in [0.1, 0.15) is 0 Å². The van der Waals surface area contributed by atoms with E-state index in [2.05, 4.69) is 34.2 Å². The summed E-state index contributed by atoms with van der Waals surface area (Å²) in [6.07, 6.45) is 3.60. The molecule has 73 valence electrons. The van der Waals surface area contributed by atoms with E-state index in [0.717, 1.165) is 21.8 Å². The van der Waals surface area contributed by atoms with E-state index >= 15 is 0 Å². The Balaban J connectivity index is 0.000000853. The molecule has 1 aromatic carbocycles. The zero-order valence-corrected chi connectivity index (χ0v) is 8.89. The zero-order chi connectivity index (χ0) is 9.38. The Hall–Kier alpha value is -1.45. The van der Waals surface area contributed by atoms with Crippen LogP contribution in [-0.4, -0.2) is 9.97 Å². The minimum atomic E-state index is 0. The summed E-state index contributed by atoms with van der Waals surface area (Å²) >= 11 is 0. The molecule has 0 aliphatic carbocycles. The fraction of sp³-hybridized carbons (Fsp3) is 0. The monoisotopic (exact) mass is 239 g/mol. The molecular weight excluding hydrogens is 231 g/mol. The van der Waals surface area contributed by atoms with Crippen molar-refractivity contribution in [3.63, 3.8) is 0 Å². The Bertz CT molecular complexity index is 553. The van der Waals surface area contributed by atoms with Gasteiger partial charge in [-0.3, -0.25) is 9.97 Å². The quantitative estimate of drug-likeness (QED) is 0.564. The summed E-state index contributed by atoms with van der Waals surface area (Å²) < 4.78 is 0. The van der Waals surface area contributed by atoms with Crippen molar-refractivity contribution in [1.29, 1.82) is 0 Å². The molecule has 0 N–H and O–H groups in total. The second kappa shape index (κ2) is 3.96. The first-order valence-electron chi connectivity index (χ1n) is 4.53. The van der Waals surface area contributed by atoms with Gasteiger partial charge >= 0.3 is 16.8 Å². The average Bonchev–Trinajstić information content (AvgIpc) is 2.29. The molecule has 0 aliphatic rings. The fourth-order valence-electron chi connectivity index (χ4n) is 1.68. The molecule has 0 fully saturated rings. The van der Waals surface area contributed by atoms with Crippen LogP contribution in [0.25, 0.3) is 21.8 Å². The van der Waals surface area contributed by atoms with E-state index in [1.807, 2.05) is 12.1 Å². The van der Waals surface area contributed by atoms with Crippen LogP contribution in [0.3, 0.4) is 0 Å². The van der Waals surface area contributed by atoms with Crippen molar-refractivity contribution >= 4 is 21.8 Å². The number of nitrogens with zero attached hydrogens (tertiary/aromatic N) is 2. The van der Waals surface area contributed by atoms with Crippen LogP contribution in [0, 0.1) is 0 Å². The maximum absolute atomic E-state index is 4.35. The van der Waals surface area contributed by atoms with Gasteiger partial charge in [-0.15, -0.1) is 0 Å². The van der Waals surface area contributed by atoms with Crippen LogP contribution in [-0.2, 0) is 16.8 Å². The summed E-state index contributed by atoms with van der Waals surface area (Å²) in [4.78, 5) is 8.69. The molecule has 1 radical (unpaired) electrons. The summed E-state index contributed by atoms with van der Waals surface area (Å²) in [6, 6.07) is 12.1. The molecule has 3 aromatic rings. The third-order valence-corrected chi connectivity index (χ3v) is 2.34. The number of hydrogen-bond donors (Lipinski definition) is 0. The molecule has 2 nitrogen and oxygen atoms in total. The predicted octanol–water partition coefficient (Wildman–Crippen LogP) is 2.78. The minimum absolute atomic E-state index is 0. The SMILES string of the molecule is [Co+2].c1cnc2c(c1)ccc1cccnc12. The molecule has 3 rings (SSSR count). The largest absolute Gasteiger partial charge is 2.00 e. The molecule has 0 saturated carbocycles. The normalized spacial score (nSPS) is 10.1. The second-order valence-electron chi connectivity index (χ2n) is 3.22. The molecule has 0 aliphatic heterocycles. The van der Waals surface area contributed by atoms with Crippen molar-refractivity contribution < 1.29 is 16.8 Å². The maximum Gasteiger partial charge on any atom is 2.00 e. The number of hydrogen-bond acceptors (Lipinski definition) is 2. The van der Waals surface area contributed by atoms with Gasteiger partial charge in [0.2, 0.25) is 0 Å². The van der Waals surface area contributed by atoms with E-state index in [9.17, 15) is 0 Å². The molecule has 0 saturated heterocycles. The maximum atomic E-state index is 4.35. The van der Waals surface area contributed by atoms with Crippen molar-refractivity contribution in [2.75, 3.05) is 0 Å². The van der Waals surface area contributed by atoms with Crippen LogP contribution < -0.4 is 0 Å². The summed E-state index contributed by atoms with van der Waals surface area (Å²) in [7, 11) is 0. The van der Waals surface area contributed by atoms with Gasteiger partial charge in [0.05, 0.1) is 11.0 Å². The van der Waals surface area contributed by atoms with Gasteiger partial charge in [-0.2, -0.15) is 0 Å². The molecule has 2 aromatic heterocycles. The number of fused-ring (bicyclic) bond motifs is 3. The van der Waals surface area contributed by atoms with E-state index in [0.29, 0.717) is 0 Å². The molecule has 0 spiro atoms. The van der Waals surface area contributed by atoms with Crippen molar-refractivity contribution in [2.45, 2.75) is 0 Å². The molecule has 0 amide bonds. The molecule has 0 bridgehead atoms. The van der Waals surface area contributed by atoms with Crippen LogP contribution in [0.2, 0.25) is 0 Å². The standard InChI is InChI=1S/C12H8N2.Co/c1-3-9-5-6-10-4-2-8-14-12(10)11(9)13-7-1;/h1-8H;/q;+2. The second-order valence-corrected chi connectivity index (χ2v) is 3.22. The van der Waals surface area contributed by atoms with Gasteiger partial charge in [-0.25, -0.2) is 0 Å². The van der Waals surface area contributed by atoms with Crippen molar-refractivity contribution in [3.05, 3.63) is 48.8 Å². The Labute approximate surface area is 97.6 Å². The van der Waals surface area contributed by atoms with Gasteiger partial charge in [-0.1, -0.05) is 24.3 Å². The number of aromatic nitrogens is 2. The third-order valence-electron chi connectivity index (χ3n) is 2.34. The van der Waals surface area contributed by atoms with Gasteiger partial charge in [0.1, 0.15) is 0 Å². The number of rotatable bonds is 0. The van der Waals surface area contributed by atoms with Crippen molar-refractivity contribution in [1.82, 2.24) is 9.97 Å². The predicted molar refractivity (Wildman–Crippen MR) is 57.0 cm³/mol. The first kappa shape index (κ1) is 10.1. The Morgan fingerprint density at radius 2 is 1.13 bits per heavy atom. The van der Waals surface area contributed by atoms with Crippen LogP contribution in [0.4, 0.5) is 0 Å². The number of pyridine rings is 2.